The number of aliphatic hydroxyl groups is 1. The second-order valence-electron chi connectivity index (χ2n) is 3.16. The molecule has 4 nitrogen and oxygen atoms in total. The molecule has 8 heteroatoms. The third-order valence-electron chi connectivity index (χ3n) is 1.98. The van der Waals surface area contributed by atoms with Crippen LogP contribution < -0.4 is 0 Å². The van der Waals surface area contributed by atoms with E-state index in [-0.39, 0.29) is 18.5 Å². The summed E-state index contributed by atoms with van der Waals surface area (Å²) in [6.45, 7) is 0. The number of hydrogen-bond donors (Lipinski definition) is 3. The summed E-state index contributed by atoms with van der Waals surface area (Å²) in [5.74, 6) is -6.77. The van der Waals surface area contributed by atoms with E-state index in [2.05, 4.69) is 0 Å². The molecule has 1 rings (SSSR count). The van der Waals surface area contributed by atoms with Gasteiger partial charge in [0.05, 0.1) is 7.14 Å². The molecule has 1 unspecified atom stereocenters. The molecule has 0 bridgehead atoms. The van der Waals surface area contributed by atoms with Gasteiger partial charge in [-0.2, -0.15) is 8.78 Å². The molecule has 0 amide bonds. The van der Waals surface area contributed by atoms with E-state index >= 15 is 0 Å². The SMILES string of the molecule is O=C(O)C(F)(F)C(O)c1cc(I)c(O)c(I)c1. The molecule has 0 aliphatic rings. The average molecular weight is 470 g/mol. The summed E-state index contributed by atoms with van der Waals surface area (Å²) in [5.41, 5.74) is -0.260. The molecular formula is C9H6F2I2O4. The van der Waals surface area contributed by atoms with Crippen LogP contribution in [0.1, 0.15) is 11.7 Å². The van der Waals surface area contributed by atoms with Gasteiger partial charge in [0.1, 0.15) is 5.75 Å². The van der Waals surface area contributed by atoms with E-state index in [1.54, 1.807) is 45.2 Å². The number of phenolic OH excluding ortho intramolecular Hbond substituents is 1. The quantitative estimate of drug-likeness (QED) is 0.594. The van der Waals surface area contributed by atoms with Crippen LogP contribution in [0.25, 0.3) is 0 Å². The molecule has 1 atom stereocenters. The Hall–Kier alpha value is -0.230. The smallest absolute Gasteiger partial charge is 0.377 e. The molecule has 3 N–H and O–H groups in total. The Balaban J connectivity index is 3.22. The number of aliphatic carboxylic acids is 1. The molecule has 0 heterocycles. The summed E-state index contributed by atoms with van der Waals surface area (Å²) in [7, 11) is 0. The van der Waals surface area contributed by atoms with E-state index in [1.807, 2.05) is 0 Å². The molecule has 0 saturated carbocycles. The highest BCUT2D eigenvalue weighted by molar-refractivity contribution is 14.1. The molecule has 94 valence electrons. The highest BCUT2D eigenvalue weighted by Crippen LogP contribution is 2.36. The first-order valence-electron chi connectivity index (χ1n) is 4.15. The first-order valence-corrected chi connectivity index (χ1v) is 6.31. The van der Waals surface area contributed by atoms with Crippen molar-refractivity contribution in [1.29, 1.82) is 0 Å². The Labute approximate surface area is 122 Å². The molecule has 1 aromatic carbocycles. The van der Waals surface area contributed by atoms with Crippen LogP contribution in [0.5, 0.6) is 5.75 Å². The Morgan fingerprint density at radius 2 is 1.71 bits per heavy atom. The third-order valence-corrected chi connectivity index (χ3v) is 3.63. The Bertz CT molecular complexity index is 441. The van der Waals surface area contributed by atoms with Crippen molar-refractivity contribution < 1.29 is 28.9 Å². The molecule has 0 radical (unpaired) electrons. The third kappa shape index (κ3) is 2.96. The number of carbonyl (C=O) groups is 1. The highest BCUT2D eigenvalue weighted by Gasteiger charge is 2.47. The number of phenols is 1. The second-order valence-corrected chi connectivity index (χ2v) is 5.49. The maximum Gasteiger partial charge on any atom is 0.377 e. The van der Waals surface area contributed by atoms with Crippen LogP contribution >= 0.6 is 45.2 Å². The average Bonchev–Trinajstić information content (AvgIpc) is 2.23. The van der Waals surface area contributed by atoms with Gasteiger partial charge >= 0.3 is 11.9 Å². The van der Waals surface area contributed by atoms with Gasteiger partial charge in [0, 0.05) is 0 Å². The van der Waals surface area contributed by atoms with Gasteiger partial charge < -0.3 is 15.3 Å². The molecule has 0 saturated heterocycles. The molecule has 17 heavy (non-hydrogen) atoms. The van der Waals surface area contributed by atoms with Gasteiger partial charge in [-0.3, -0.25) is 0 Å². The summed E-state index contributed by atoms with van der Waals surface area (Å²) in [5, 5.41) is 27.1. The fourth-order valence-electron chi connectivity index (χ4n) is 1.07. The van der Waals surface area contributed by atoms with Gasteiger partial charge in [-0.05, 0) is 62.9 Å². The Morgan fingerprint density at radius 3 is 2.06 bits per heavy atom. The van der Waals surface area contributed by atoms with E-state index in [0.717, 1.165) is 12.1 Å². The van der Waals surface area contributed by atoms with Crippen molar-refractivity contribution in [3.63, 3.8) is 0 Å². The molecule has 0 spiro atoms. The van der Waals surface area contributed by atoms with Crippen LogP contribution in [-0.4, -0.2) is 27.2 Å². The predicted octanol–water partition coefficient (Wildman–Crippen LogP) is 2.35. The van der Waals surface area contributed by atoms with Crippen LogP contribution in [0.2, 0.25) is 0 Å². The summed E-state index contributed by atoms with van der Waals surface area (Å²) in [6.07, 6.45) is -2.46. The number of aliphatic hydroxyl groups excluding tert-OH is 1. The van der Waals surface area contributed by atoms with Crippen LogP contribution in [0, 0.1) is 7.14 Å². The van der Waals surface area contributed by atoms with Crippen LogP contribution in [0.3, 0.4) is 0 Å². The Kier molecular flexibility index (Phi) is 4.52. The lowest BCUT2D eigenvalue weighted by Crippen LogP contribution is -2.35. The summed E-state index contributed by atoms with van der Waals surface area (Å²) in [6, 6.07) is 2.22. The van der Waals surface area contributed by atoms with Gasteiger partial charge in [0.15, 0.2) is 6.10 Å². The maximum atomic E-state index is 13.1. The molecular weight excluding hydrogens is 464 g/mol. The van der Waals surface area contributed by atoms with Crippen LogP contribution in [0.4, 0.5) is 8.78 Å². The summed E-state index contributed by atoms with van der Waals surface area (Å²) in [4.78, 5) is 10.3. The normalized spacial score (nSPS) is 13.5. The summed E-state index contributed by atoms with van der Waals surface area (Å²) < 4.78 is 26.7. The van der Waals surface area contributed by atoms with E-state index < -0.39 is 18.0 Å². The maximum absolute atomic E-state index is 13.1. The Morgan fingerprint density at radius 1 is 1.29 bits per heavy atom. The lowest BCUT2D eigenvalue weighted by Gasteiger charge is -2.19. The molecule has 0 fully saturated rings. The van der Waals surface area contributed by atoms with Crippen molar-refractivity contribution in [2.24, 2.45) is 0 Å². The van der Waals surface area contributed by atoms with Crippen LogP contribution in [-0.2, 0) is 4.79 Å². The van der Waals surface area contributed by atoms with Gasteiger partial charge in [-0.1, -0.05) is 0 Å². The number of rotatable bonds is 3. The zero-order valence-electron chi connectivity index (χ0n) is 7.99. The van der Waals surface area contributed by atoms with E-state index in [0.29, 0.717) is 0 Å². The van der Waals surface area contributed by atoms with E-state index in [1.165, 1.54) is 0 Å². The predicted molar refractivity (Wildman–Crippen MR) is 71.1 cm³/mol. The van der Waals surface area contributed by atoms with Gasteiger partial charge in [0.2, 0.25) is 0 Å². The van der Waals surface area contributed by atoms with Gasteiger partial charge in [-0.15, -0.1) is 0 Å². The van der Waals surface area contributed by atoms with Crippen LogP contribution in [0.15, 0.2) is 12.1 Å². The molecule has 1 aromatic rings. The number of halogens is 4. The topological polar surface area (TPSA) is 77.8 Å². The summed E-state index contributed by atoms with van der Waals surface area (Å²) >= 11 is 3.39. The van der Waals surface area contributed by atoms with Crippen molar-refractivity contribution in [2.45, 2.75) is 12.0 Å². The number of benzene rings is 1. The fraction of sp³-hybridized carbons (Fsp3) is 0.222. The van der Waals surface area contributed by atoms with E-state index in [9.17, 15) is 23.8 Å². The molecule has 0 aliphatic carbocycles. The second kappa shape index (κ2) is 5.18. The minimum atomic E-state index is -4.27. The monoisotopic (exact) mass is 470 g/mol. The minimum Gasteiger partial charge on any atom is -0.506 e. The zero-order valence-corrected chi connectivity index (χ0v) is 12.3. The van der Waals surface area contributed by atoms with Gasteiger partial charge in [-0.25, -0.2) is 4.79 Å². The lowest BCUT2D eigenvalue weighted by molar-refractivity contribution is -0.182. The minimum absolute atomic E-state index is 0.0965. The van der Waals surface area contributed by atoms with Crippen molar-refractivity contribution in [2.75, 3.05) is 0 Å². The number of alkyl halides is 2. The van der Waals surface area contributed by atoms with Crippen molar-refractivity contribution >= 4 is 51.2 Å². The van der Waals surface area contributed by atoms with E-state index in [4.69, 9.17) is 5.11 Å². The van der Waals surface area contributed by atoms with Crippen molar-refractivity contribution in [3.05, 3.63) is 24.8 Å². The number of hydrogen-bond acceptors (Lipinski definition) is 3. The molecule has 0 aliphatic heterocycles. The fourth-order valence-corrected chi connectivity index (χ4v) is 2.89. The van der Waals surface area contributed by atoms with Gasteiger partial charge in [0.25, 0.3) is 0 Å². The van der Waals surface area contributed by atoms with Crippen molar-refractivity contribution in [3.8, 4) is 5.75 Å². The number of carboxylic acids is 1. The lowest BCUT2D eigenvalue weighted by atomic mass is 10.0. The first kappa shape index (κ1) is 14.8. The number of carboxylic acid groups (broad SMARTS) is 1. The standard InChI is InChI=1S/C9H6F2I2O4/c10-9(11,8(16)17)7(15)3-1-4(12)6(14)5(13)2-3/h1-2,7,14-15H,(H,16,17). The number of aromatic hydroxyl groups is 1. The first-order chi connectivity index (χ1) is 7.67. The largest absolute Gasteiger partial charge is 0.506 e. The molecule has 0 aromatic heterocycles. The van der Waals surface area contributed by atoms with Crippen molar-refractivity contribution in [1.82, 2.24) is 0 Å². The zero-order chi connectivity index (χ0) is 13.4. The highest BCUT2D eigenvalue weighted by atomic mass is 127.